The van der Waals surface area contributed by atoms with Crippen molar-refractivity contribution >= 4 is 65.6 Å². The minimum Gasteiger partial charge on any atom is -0.456 e. The molecule has 3 aromatic heterocycles. The molecule has 8 aromatic carbocycles. The molecule has 0 unspecified atom stereocenters. The SMILES string of the molecule is c1ccc(C2(c3ccccc3)c3ccccc3-c3cc(-c4nc5nc(n4)c4cccc6oc7ccc(cc7c64)c4ccccc4c4cccc5c4)ccc32)cc1. The first-order valence-corrected chi connectivity index (χ1v) is 19.0. The van der Waals surface area contributed by atoms with Crippen molar-refractivity contribution in [2.45, 2.75) is 5.41 Å². The molecular weight excluding hydrogens is 683 g/mol. The second-order valence-corrected chi connectivity index (χ2v) is 14.7. The Bertz CT molecular complexity index is 3380. The molecule has 12 rings (SSSR count). The van der Waals surface area contributed by atoms with Crippen molar-refractivity contribution in [2.24, 2.45) is 0 Å². The van der Waals surface area contributed by atoms with E-state index in [2.05, 4.69) is 176 Å². The van der Waals surface area contributed by atoms with Crippen LogP contribution in [0.15, 0.2) is 192 Å². The average molecular weight is 714 g/mol. The molecule has 0 radical (unpaired) electrons. The molecule has 0 aliphatic heterocycles. The average Bonchev–Trinajstić information content (AvgIpc) is 3.80. The molecule has 1 aliphatic rings. The molecule has 0 fully saturated rings. The molecule has 0 atom stereocenters. The molecule has 0 spiro atoms. The lowest BCUT2D eigenvalue weighted by Crippen LogP contribution is -2.28. The summed E-state index contributed by atoms with van der Waals surface area (Å²) in [5.74, 6) is 0.619. The van der Waals surface area contributed by atoms with Crippen molar-refractivity contribution in [3.8, 4) is 22.5 Å². The fraction of sp³-hybridized carbons (Fsp3) is 0.0192. The van der Waals surface area contributed by atoms with Gasteiger partial charge in [0.2, 0.25) is 0 Å². The summed E-state index contributed by atoms with van der Waals surface area (Å²) in [5.41, 5.74) is 10.7. The predicted octanol–water partition coefficient (Wildman–Crippen LogP) is 13.0. The second kappa shape index (κ2) is 11.8. The van der Waals surface area contributed by atoms with Gasteiger partial charge >= 0.3 is 0 Å². The molecule has 0 amide bonds. The highest BCUT2D eigenvalue weighted by atomic mass is 16.3. The van der Waals surface area contributed by atoms with Crippen LogP contribution in [0.4, 0.5) is 0 Å². The van der Waals surface area contributed by atoms with Crippen LogP contribution in [0.5, 0.6) is 0 Å². The van der Waals surface area contributed by atoms with Crippen LogP contribution in [-0.2, 0) is 5.41 Å². The first-order valence-electron chi connectivity index (χ1n) is 19.0. The highest BCUT2D eigenvalue weighted by Gasteiger charge is 2.46. The van der Waals surface area contributed by atoms with Crippen molar-refractivity contribution in [1.82, 2.24) is 15.0 Å². The van der Waals surface area contributed by atoms with Gasteiger partial charge < -0.3 is 4.42 Å². The number of nitrogens with zero attached hydrogens (tertiary/aromatic N) is 3. The van der Waals surface area contributed by atoms with Gasteiger partial charge in [0.15, 0.2) is 17.1 Å². The number of rotatable bonds is 3. The number of fused-ring (bicyclic) bond motifs is 13. The zero-order valence-corrected chi connectivity index (χ0v) is 30.1. The summed E-state index contributed by atoms with van der Waals surface area (Å²) in [6, 6.07) is 67.1. The maximum absolute atomic E-state index is 6.47. The van der Waals surface area contributed by atoms with E-state index >= 15 is 0 Å². The third-order valence-electron chi connectivity index (χ3n) is 11.8. The van der Waals surface area contributed by atoms with Crippen LogP contribution in [0.2, 0.25) is 0 Å². The fourth-order valence-electron chi connectivity index (χ4n) is 9.34. The third-order valence-corrected chi connectivity index (χ3v) is 11.8. The molecule has 0 saturated heterocycles. The summed E-state index contributed by atoms with van der Waals surface area (Å²) in [6.07, 6.45) is 0. The number of hydrogen-bond acceptors (Lipinski definition) is 4. The number of benzene rings is 8. The van der Waals surface area contributed by atoms with Gasteiger partial charge in [-0.3, -0.25) is 0 Å². The van der Waals surface area contributed by atoms with Crippen LogP contribution in [0.3, 0.4) is 0 Å². The van der Waals surface area contributed by atoms with Crippen LogP contribution in [0.1, 0.15) is 22.3 Å². The van der Waals surface area contributed by atoms with Crippen LogP contribution in [0.25, 0.3) is 88.1 Å². The van der Waals surface area contributed by atoms with E-state index in [0.717, 1.165) is 59.8 Å². The predicted molar refractivity (Wildman–Crippen MR) is 229 cm³/mol. The summed E-state index contributed by atoms with van der Waals surface area (Å²) in [7, 11) is 0. The minimum atomic E-state index is -0.484. The van der Waals surface area contributed by atoms with Crippen molar-refractivity contribution < 1.29 is 4.42 Å². The van der Waals surface area contributed by atoms with Crippen LogP contribution in [0, 0.1) is 0 Å². The largest absolute Gasteiger partial charge is 0.456 e. The van der Waals surface area contributed by atoms with Crippen LogP contribution in [-0.4, -0.2) is 15.0 Å². The van der Waals surface area contributed by atoms with E-state index < -0.39 is 5.41 Å². The Kier molecular flexibility index (Phi) is 6.52. The van der Waals surface area contributed by atoms with E-state index in [1.54, 1.807) is 0 Å². The van der Waals surface area contributed by atoms with Gasteiger partial charge in [-0.05, 0) is 85.3 Å². The summed E-state index contributed by atoms with van der Waals surface area (Å²) < 4.78 is 6.47. The molecule has 1 aliphatic carbocycles. The summed E-state index contributed by atoms with van der Waals surface area (Å²) in [4.78, 5) is 15.8. The maximum Gasteiger partial charge on any atom is 0.164 e. The zero-order valence-electron chi connectivity index (χ0n) is 30.1. The van der Waals surface area contributed by atoms with E-state index in [1.807, 2.05) is 12.1 Å². The molecular formula is C52H31N3O. The van der Waals surface area contributed by atoms with Gasteiger partial charge in [0, 0.05) is 27.1 Å². The van der Waals surface area contributed by atoms with Gasteiger partial charge in [-0.15, -0.1) is 0 Å². The summed E-state index contributed by atoms with van der Waals surface area (Å²) >= 11 is 0. The van der Waals surface area contributed by atoms with Crippen molar-refractivity contribution in [3.63, 3.8) is 0 Å². The normalized spacial score (nSPS) is 13.1. The van der Waals surface area contributed by atoms with Crippen LogP contribution >= 0.6 is 0 Å². The lowest BCUT2D eigenvalue weighted by atomic mass is 9.67. The first kappa shape index (κ1) is 31.0. The Morgan fingerprint density at radius 3 is 1.82 bits per heavy atom. The van der Waals surface area contributed by atoms with Gasteiger partial charge in [0.25, 0.3) is 0 Å². The second-order valence-electron chi connectivity index (χ2n) is 14.7. The first-order chi connectivity index (χ1) is 27.7. The molecule has 0 saturated carbocycles. The molecule has 56 heavy (non-hydrogen) atoms. The van der Waals surface area contributed by atoms with Crippen LogP contribution < -0.4 is 0 Å². The van der Waals surface area contributed by atoms with E-state index in [0.29, 0.717) is 17.1 Å². The van der Waals surface area contributed by atoms with E-state index in [9.17, 15) is 0 Å². The molecule has 4 nitrogen and oxygen atoms in total. The summed E-state index contributed by atoms with van der Waals surface area (Å²) in [6.45, 7) is 0. The molecule has 11 aromatic rings. The fourth-order valence-corrected chi connectivity index (χ4v) is 9.34. The molecule has 260 valence electrons. The maximum atomic E-state index is 6.47. The Morgan fingerprint density at radius 2 is 1.02 bits per heavy atom. The quantitative estimate of drug-likeness (QED) is 0.183. The third kappa shape index (κ3) is 4.38. The van der Waals surface area contributed by atoms with Gasteiger partial charge in [-0.1, -0.05) is 158 Å². The summed E-state index contributed by atoms with van der Waals surface area (Å²) in [5, 5.41) is 8.39. The monoisotopic (exact) mass is 713 g/mol. The lowest BCUT2D eigenvalue weighted by Gasteiger charge is -2.33. The van der Waals surface area contributed by atoms with Crippen molar-refractivity contribution in [1.29, 1.82) is 0 Å². The van der Waals surface area contributed by atoms with Gasteiger partial charge in [-0.25, -0.2) is 15.0 Å². The number of hydrogen-bond donors (Lipinski definition) is 0. The number of aromatic nitrogens is 3. The van der Waals surface area contributed by atoms with Gasteiger partial charge in [0.1, 0.15) is 11.2 Å². The topological polar surface area (TPSA) is 51.8 Å². The molecule has 4 heteroatoms. The highest BCUT2D eigenvalue weighted by molar-refractivity contribution is 6.19. The minimum absolute atomic E-state index is 0.484. The Morgan fingerprint density at radius 1 is 0.375 bits per heavy atom. The smallest absolute Gasteiger partial charge is 0.164 e. The lowest BCUT2D eigenvalue weighted by molar-refractivity contribution is 0.669. The highest BCUT2D eigenvalue weighted by Crippen LogP contribution is 2.56. The van der Waals surface area contributed by atoms with Crippen molar-refractivity contribution in [3.05, 3.63) is 210 Å². The number of furan rings is 1. The van der Waals surface area contributed by atoms with Gasteiger partial charge in [-0.2, -0.15) is 0 Å². The standard InChI is InChI=1S/C52H31N3O/c1-3-15-36(16-4-1)52(37-17-5-2-6-18-37)44-23-10-9-21-40(44)42-31-35(25-27-45(42)52)50-53-49-34-14-11-13-32(29-34)38-19-7-8-20-39(38)33-26-28-46-43(30-33)48-41(51(54-49)55-50)22-12-24-47(48)56-46/h1-31H. The molecule has 3 heterocycles. The van der Waals surface area contributed by atoms with E-state index in [1.165, 1.54) is 33.4 Å². The van der Waals surface area contributed by atoms with Crippen molar-refractivity contribution in [2.75, 3.05) is 0 Å². The van der Waals surface area contributed by atoms with E-state index in [4.69, 9.17) is 19.4 Å². The van der Waals surface area contributed by atoms with Gasteiger partial charge in [0.05, 0.1) is 5.41 Å². The zero-order chi connectivity index (χ0) is 36.8. The Hall–Kier alpha value is -7.43. The Labute approximate surface area is 322 Å². The molecule has 0 N–H and O–H groups in total. The Balaban J connectivity index is 1.19. The van der Waals surface area contributed by atoms with E-state index in [-0.39, 0.29) is 0 Å². The molecule has 6 bridgehead atoms.